The summed E-state index contributed by atoms with van der Waals surface area (Å²) in [6, 6.07) is 6.69. The fraction of sp³-hybridized carbons (Fsp3) is 0.455. The van der Waals surface area contributed by atoms with Crippen LogP contribution in [0.5, 0.6) is 5.75 Å². The molecule has 0 fully saturated rings. The third-order valence-electron chi connectivity index (χ3n) is 2.08. The summed E-state index contributed by atoms with van der Waals surface area (Å²) in [7, 11) is -1.42. The van der Waals surface area contributed by atoms with E-state index in [-0.39, 0.29) is 0 Å². The smallest absolute Gasteiger partial charge is 0.488 e. The molecule has 0 heterocycles. The van der Waals surface area contributed by atoms with Gasteiger partial charge in [-0.05, 0) is 24.5 Å². The van der Waals surface area contributed by atoms with Crippen molar-refractivity contribution in [3.63, 3.8) is 0 Å². The molecule has 0 aromatic heterocycles. The first-order valence-corrected chi connectivity index (χ1v) is 5.40. The SMILES string of the molecule is CCOCCCOc1ccc(B(O)O)cc1. The molecule has 0 bridgehead atoms. The van der Waals surface area contributed by atoms with Crippen LogP contribution in [0.2, 0.25) is 0 Å². The molecule has 1 aromatic rings. The molecule has 0 saturated heterocycles. The van der Waals surface area contributed by atoms with Crippen molar-refractivity contribution in [3.05, 3.63) is 24.3 Å². The van der Waals surface area contributed by atoms with Crippen LogP contribution in [0.4, 0.5) is 0 Å². The zero-order valence-electron chi connectivity index (χ0n) is 9.43. The van der Waals surface area contributed by atoms with E-state index in [1.165, 1.54) is 0 Å². The highest BCUT2D eigenvalue weighted by atomic mass is 16.5. The van der Waals surface area contributed by atoms with Gasteiger partial charge in [-0.25, -0.2) is 0 Å². The van der Waals surface area contributed by atoms with Gasteiger partial charge in [-0.15, -0.1) is 0 Å². The van der Waals surface area contributed by atoms with Gasteiger partial charge in [0.05, 0.1) is 6.61 Å². The zero-order valence-corrected chi connectivity index (χ0v) is 9.43. The van der Waals surface area contributed by atoms with Crippen LogP contribution < -0.4 is 10.2 Å². The number of benzene rings is 1. The van der Waals surface area contributed by atoms with Crippen LogP contribution in [0.1, 0.15) is 13.3 Å². The van der Waals surface area contributed by atoms with Crippen LogP contribution in [-0.2, 0) is 4.74 Å². The summed E-state index contributed by atoms with van der Waals surface area (Å²) in [6.45, 7) is 3.98. The van der Waals surface area contributed by atoms with Crippen molar-refractivity contribution in [2.45, 2.75) is 13.3 Å². The van der Waals surface area contributed by atoms with E-state index >= 15 is 0 Å². The number of hydrogen-bond acceptors (Lipinski definition) is 4. The van der Waals surface area contributed by atoms with Crippen LogP contribution in [0.25, 0.3) is 0 Å². The Balaban J connectivity index is 2.27. The van der Waals surface area contributed by atoms with Gasteiger partial charge < -0.3 is 19.5 Å². The van der Waals surface area contributed by atoms with Crippen LogP contribution in [0, 0.1) is 0 Å². The molecule has 0 unspecified atom stereocenters. The van der Waals surface area contributed by atoms with Gasteiger partial charge in [0.1, 0.15) is 5.75 Å². The van der Waals surface area contributed by atoms with Gasteiger partial charge in [-0.3, -0.25) is 0 Å². The minimum absolute atomic E-state index is 0.460. The highest BCUT2D eigenvalue weighted by molar-refractivity contribution is 6.58. The van der Waals surface area contributed by atoms with Gasteiger partial charge >= 0.3 is 7.12 Å². The molecule has 0 aliphatic heterocycles. The Morgan fingerprint density at radius 2 is 1.81 bits per heavy atom. The minimum Gasteiger partial charge on any atom is -0.494 e. The molecular weight excluding hydrogens is 207 g/mol. The predicted molar refractivity (Wildman–Crippen MR) is 62.9 cm³/mol. The summed E-state index contributed by atoms with van der Waals surface area (Å²) in [5.41, 5.74) is 0.460. The summed E-state index contributed by atoms with van der Waals surface area (Å²) in [6.07, 6.45) is 0.845. The van der Waals surface area contributed by atoms with Crippen molar-refractivity contribution >= 4 is 12.6 Å². The van der Waals surface area contributed by atoms with E-state index in [9.17, 15) is 0 Å². The molecule has 0 aliphatic carbocycles. The zero-order chi connectivity index (χ0) is 11.8. The second-order valence-corrected chi connectivity index (χ2v) is 3.34. The van der Waals surface area contributed by atoms with E-state index < -0.39 is 7.12 Å². The van der Waals surface area contributed by atoms with E-state index in [1.54, 1.807) is 24.3 Å². The van der Waals surface area contributed by atoms with Crippen LogP contribution >= 0.6 is 0 Å². The highest BCUT2D eigenvalue weighted by Gasteiger charge is 2.09. The van der Waals surface area contributed by atoms with E-state index in [4.69, 9.17) is 19.5 Å². The Morgan fingerprint density at radius 3 is 2.38 bits per heavy atom. The Kier molecular flexibility index (Phi) is 5.92. The van der Waals surface area contributed by atoms with Gasteiger partial charge in [0.2, 0.25) is 0 Å². The molecule has 0 amide bonds. The number of ether oxygens (including phenoxy) is 2. The molecule has 2 N–H and O–H groups in total. The number of hydrogen-bond donors (Lipinski definition) is 2. The first-order chi connectivity index (χ1) is 7.74. The third-order valence-corrected chi connectivity index (χ3v) is 2.08. The topological polar surface area (TPSA) is 58.9 Å². The Hall–Kier alpha value is -1.04. The maximum Gasteiger partial charge on any atom is 0.488 e. The van der Waals surface area contributed by atoms with Crippen LogP contribution in [0.3, 0.4) is 0 Å². The number of rotatable bonds is 7. The van der Waals surface area contributed by atoms with Crippen molar-refractivity contribution in [2.75, 3.05) is 19.8 Å². The lowest BCUT2D eigenvalue weighted by atomic mass is 9.80. The first-order valence-electron chi connectivity index (χ1n) is 5.40. The molecule has 4 nitrogen and oxygen atoms in total. The van der Waals surface area contributed by atoms with Gasteiger partial charge in [0.25, 0.3) is 0 Å². The van der Waals surface area contributed by atoms with Crippen molar-refractivity contribution in [1.82, 2.24) is 0 Å². The molecule has 0 aliphatic rings. The van der Waals surface area contributed by atoms with Crippen molar-refractivity contribution in [2.24, 2.45) is 0 Å². The van der Waals surface area contributed by atoms with E-state index in [0.717, 1.165) is 18.8 Å². The summed E-state index contributed by atoms with van der Waals surface area (Å²) >= 11 is 0. The van der Waals surface area contributed by atoms with Gasteiger partial charge in [-0.2, -0.15) is 0 Å². The predicted octanol–water partition coefficient (Wildman–Crippen LogP) is 0.172. The summed E-state index contributed by atoms with van der Waals surface area (Å²) in [4.78, 5) is 0. The lowest BCUT2D eigenvalue weighted by Crippen LogP contribution is -2.29. The molecule has 16 heavy (non-hydrogen) atoms. The van der Waals surface area contributed by atoms with Gasteiger partial charge in [-0.1, -0.05) is 12.1 Å². The molecule has 0 spiro atoms. The molecule has 88 valence electrons. The van der Waals surface area contributed by atoms with Crippen molar-refractivity contribution in [3.8, 4) is 5.75 Å². The minimum atomic E-state index is -1.42. The molecule has 5 heteroatoms. The first kappa shape index (κ1) is 13.0. The molecule has 1 rings (SSSR count). The molecule has 0 atom stereocenters. The quantitative estimate of drug-likeness (QED) is 0.512. The van der Waals surface area contributed by atoms with E-state index in [0.29, 0.717) is 18.7 Å². The second kappa shape index (κ2) is 7.27. The summed E-state index contributed by atoms with van der Waals surface area (Å²) in [5.74, 6) is 0.723. The Morgan fingerprint density at radius 1 is 1.12 bits per heavy atom. The largest absolute Gasteiger partial charge is 0.494 e. The standard InChI is InChI=1S/C11H17BO4/c1-2-15-8-3-9-16-11-6-4-10(5-7-11)12(13)14/h4-7,13-14H,2-3,8-9H2,1H3. The maximum absolute atomic E-state index is 8.89. The molecule has 0 saturated carbocycles. The Labute approximate surface area is 96.0 Å². The maximum atomic E-state index is 8.89. The van der Waals surface area contributed by atoms with Gasteiger partial charge in [0, 0.05) is 19.6 Å². The Bertz CT molecular complexity index is 287. The molecule has 0 radical (unpaired) electrons. The normalized spacial score (nSPS) is 10.2. The average Bonchev–Trinajstić information content (AvgIpc) is 2.29. The molecule has 1 aromatic carbocycles. The van der Waals surface area contributed by atoms with E-state index in [1.807, 2.05) is 6.92 Å². The fourth-order valence-electron chi connectivity index (χ4n) is 1.23. The summed E-state index contributed by atoms with van der Waals surface area (Å²) in [5, 5.41) is 17.8. The monoisotopic (exact) mass is 224 g/mol. The second-order valence-electron chi connectivity index (χ2n) is 3.34. The van der Waals surface area contributed by atoms with Gasteiger partial charge in [0.15, 0.2) is 0 Å². The fourth-order valence-corrected chi connectivity index (χ4v) is 1.23. The van der Waals surface area contributed by atoms with Crippen molar-refractivity contribution in [1.29, 1.82) is 0 Å². The molecular formula is C11H17BO4. The lowest BCUT2D eigenvalue weighted by Gasteiger charge is -2.07. The average molecular weight is 224 g/mol. The third kappa shape index (κ3) is 4.66. The summed E-state index contributed by atoms with van der Waals surface area (Å²) < 4.78 is 10.6. The van der Waals surface area contributed by atoms with E-state index in [2.05, 4.69) is 0 Å². The lowest BCUT2D eigenvalue weighted by molar-refractivity contribution is 0.131. The van der Waals surface area contributed by atoms with Crippen molar-refractivity contribution < 1.29 is 19.5 Å². The van der Waals surface area contributed by atoms with Crippen LogP contribution in [-0.4, -0.2) is 37.0 Å². The highest BCUT2D eigenvalue weighted by Crippen LogP contribution is 2.07. The van der Waals surface area contributed by atoms with Crippen LogP contribution in [0.15, 0.2) is 24.3 Å².